The van der Waals surface area contributed by atoms with Gasteiger partial charge in [0, 0.05) is 11.1 Å². The molecule has 0 saturated heterocycles. The molecule has 96 valence electrons. The number of hydrogen-bond donors (Lipinski definition) is 2. The molecule has 2 N–H and O–H groups in total. The standard InChI is InChI=1S/C11H9FO5S/c1-5-9(10(13)11(14)15)7-3-2-6(12)4-8(7)18(5,16)17/h2-4,10,13H,1H3,(H,14,15). The largest absolute Gasteiger partial charge is 0.479 e. The van der Waals surface area contributed by atoms with Gasteiger partial charge in [-0.3, -0.25) is 0 Å². The zero-order chi connectivity index (χ0) is 13.7. The molecule has 0 aliphatic carbocycles. The molecule has 0 amide bonds. The third-order valence-corrected chi connectivity index (χ3v) is 4.76. The molecule has 1 aromatic rings. The lowest BCUT2D eigenvalue weighted by molar-refractivity contribution is -0.143. The van der Waals surface area contributed by atoms with Gasteiger partial charge in [-0.1, -0.05) is 6.07 Å². The van der Waals surface area contributed by atoms with E-state index in [1.165, 1.54) is 6.92 Å². The van der Waals surface area contributed by atoms with E-state index in [9.17, 15) is 22.7 Å². The lowest BCUT2D eigenvalue weighted by Crippen LogP contribution is -2.21. The van der Waals surface area contributed by atoms with Crippen molar-refractivity contribution in [3.05, 3.63) is 34.5 Å². The van der Waals surface area contributed by atoms with Crippen molar-refractivity contribution in [2.24, 2.45) is 0 Å². The van der Waals surface area contributed by atoms with Crippen LogP contribution in [0.15, 0.2) is 28.0 Å². The topological polar surface area (TPSA) is 91.7 Å². The van der Waals surface area contributed by atoms with Gasteiger partial charge < -0.3 is 10.2 Å². The van der Waals surface area contributed by atoms with Gasteiger partial charge in [0.15, 0.2) is 6.10 Å². The number of rotatable bonds is 2. The van der Waals surface area contributed by atoms with E-state index in [4.69, 9.17) is 5.11 Å². The van der Waals surface area contributed by atoms with E-state index in [0.29, 0.717) is 0 Å². The number of benzene rings is 1. The van der Waals surface area contributed by atoms with Crippen LogP contribution in [0.3, 0.4) is 0 Å². The van der Waals surface area contributed by atoms with E-state index in [0.717, 1.165) is 18.2 Å². The summed E-state index contributed by atoms with van der Waals surface area (Å²) in [5.74, 6) is -2.30. The van der Waals surface area contributed by atoms with Gasteiger partial charge in [-0.2, -0.15) is 0 Å². The summed E-state index contributed by atoms with van der Waals surface area (Å²) in [7, 11) is -3.92. The maximum atomic E-state index is 13.1. The number of aliphatic hydroxyl groups is 1. The minimum Gasteiger partial charge on any atom is -0.479 e. The molecular formula is C11H9FO5S. The maximum absolute atomic E-state index is 13.1. The van der Waals surface area contributed by atoms with Crippen molar-refractivity contribution in [3.8, 4) is 0 Å². The fourth-order valence-corrected chi connectivity index (χ4v) is 3.48. The fourth-order valence-electron chi connectivity index (χ4n) is 1.90. The summed E-state index contributed by atoms with van der Waals surface area (Å²) in [6.45, 7) is 1.19. The fraction of sp³-hybridized carbons (Fsp3) is 0.182. The molecule has 1 aromatic carbocycles. The molecule has 1 atom stereocenters. The van der Waals surface area contributed by atoms with Gasteiger partial charge in [0.05, 0.1) is 9.80 Å². The molecule has 5 nitrogen and oxygen atoms in total. The first-order chi connectivity index (χ1) is 8.26. The molecule has 1 aliphatic heterocycles. The van der Waals surface area contributed by atoms with Gasteiger partial charge in [-0.25, -0.2) is 17.6 Å². The van der Waals surface area contributed by atoms with Crippen LogP contribution in [0.25, 0.3) is 5.57 Å². The number of allylic oxidation sites excluding steroid dienone is 1. The van der Waals surface area contributed by atoms with Crippen LogP contribution in [0.5, 0.6) is 0 Å². The number of carbonyl (C=O) groups is 1. The molecule has 1 heterocycles. The Morgan fingerprint density at radius 1 is 1.39 bits per heavy atom. The van der Waals surface area contributed by atoms with Crippen LogP contribution in [0.1, 0.15) is 12.5 Å². The summed E-state index contributed by atoms with van der Waals surface area (Å²) >= 11 is 0. The van der Waals surface area contributed by atoms with Crippen LogP contribution in [0.2, 0.25) is 0 Å². The van der Waals surface area contributed by atoms with Crippen LogP contribution in [0, 0.1) is 5.82 Å². The highest BCUT2D eigenvalue weighted by Gasteiger charge is 2.38. The second-order valence-corrected chi connectivity index (χ2v) is 5.91. The summed E-state index contributed by atoms with van der Waals surface area (Å²) < 4.78 is 36.9. The van der Waals surface area contributed by atoms with E-state index in [2.05, 4.69) is 0 Å². The Balaban J connectivity index is 2.77. The zero-order valence-electron chi connectivity index (χ0n) is 9.21. The Morgan fingerprint density at radius 3 is 2.56 bits per heavy atom. The highest BCUT2D eigenvalue weighted by Crippen LogP contribution is 2.40. The monoisotopic (exact) mass is 272 g/mol. The van der Waals surface area contributed by atoms with Gasteiger partial charge in [0.1, 0.15) is 5.82 Å². The molecule has 18 heavy (non-hydrogen) atoms. The first kappa shape index (κ1) is 12.7. The predicted molar refractivity (Wildman–Crippen MR) is 59.8 cm³/mol. The van der Waals surface area contributed by atoms with Crippen molar-refractivity contribution in [2.45, 2.75) is 17.9 Å². The van der Waals surface area contributed by atoms with Gasteiger partial charge in [0.2, 0.25) is 9.84 Å². The van der Waals surface area contributed by atoms with E-state index < -0.39 is 27.7 Å². The van der Waals surface area contributed by atoms with Crippen molar-refractivity contribution < 1.29 is 27.8 Å². The molecule has 1 unspecified atom stereocenters. The molecule has 0 radical (unpaired) electrons. The van der Waals surface area contributed by atoms with E-state index in [-0.39, 0.29) is 20.9 Å². The molecule has 1 aliphatic rings. The zero-order valence-corrected chi connectivity index (χ0v) is 10.0. The maximum Gasteiger partial charge on any atom is 0.337 e. The number of sulfone groups is 1. The molecule has 7 heteroatoms. The lowest BCUT2D eigenvalue weighted by atomic mass is 10.0. The third kappa shape index (κ3) is 1.63. The molecule has 0 bridgehead atoms. The number of halogens is 1. The molecule has 0 aromatic heterocycles. The third-order valence-electron chi connectivity index (χ3n) is 2.81. The predicted octanol–water partition coefficient (Wildman–Crippen LogP) is 0.790. The molecule has 0 saturated carbocycles. The second kappa shape index (κ2) is 3.89. The number of fused-ring (bicyclic) bond motifs is 1. The van der Waals surface area contributed by atoms with Crippen LogP contribution in [0.4, 0.5) is 4.39 Å². The Morgan fingerprint density at radius 2 is 2.00 bits per heavy atom. The quantitative estimate of drug-likeness (QED) is 0.830. The number of aliphatic carboxylic acids is 1. The van der Waals surface area contributed by atoms with E-state index >= 15 is 0 Å². The SMILES string of the molecule is CC1=C(C(O)C(=O)O)c2ccc(F)cc2S1(=O)=O. The van der Waals surface area contributed by atoms with Crippen molar-refractivity contribution in [3.63, 3.8) is 0 Å². The highest BCUT2D eigenvalue weighted by molar-refractivity contribution is 7.95. The number of hydrogen-bond acceptors (Lipinski definition) is 4. The Labute approximate surface area is 102 Å². The van der Waals surface area contributed by atoms with Gasteiger partial charge in [-0.15, -0.1) is 0 Å². The van der Waals surface area contributed by atoms with E-state index in [1.807, 2.05) is 0 Å². The summed E-state index contributed by atoms with van der Waals surface area (Å²) in [5.41, 5.74) is -0.179. The van der Waals surface area contributed by atoms with E-state index in [1.54, 1.807) is 0 Å². The van der Waals surface area contributed by atoms with Gasteiger partial charge >= 0.3 is 5.97 Å². The van der Waals surface area contributed by atoms with Crippen LogP contribution >= 0.6 is 0 Å². The smallest absolute Gasteiger partial charge is 0.337 e. The van der Waals surface area contributed by atoms with Crippen LogP contribution in [-0.2, 0) is 14.6 Å². The molecular weight excluding hydrogens is 263 g/mol. The number of aliphatic hydroxyl groups excluding tert-OH is 1. The minimum absolute atomic E-state index is 0.0313. The molecule has 0 fully saturated rings. The second-order valence-electron chi connectivity index (χ2n) is 3.85. The van der Waals surface area contributed by atoms with Crippen molar-refractivity contribution in [2.75, 3.05) is 0 Å². The first-order valence-electron chi connectivity index (χ1n) is 4.93. The number of carboxylic acids is 1. The van der Waals surface area contributed by atoms with Crippen molar-refractivity contribution in [1.29, 1.82) is 0 Å². The average Bonchev–Trinajstić information content (AvgIpc) is 2.48. The Hall–Kier alpha value is -1.73. The molecule has 0 spiro atoms. The van der Waals surface area contributed by atoms with Gasteiger partial charge in [0.25, 0.3) is 0 Å². The summed E-state index contributed by atoms with van der Waals surface area (Å²) in [5, 5.41) is 18.3. The minimum atomic E-state index is -3.92. The lowest BCUT2D eigenvalue weighted by Gasteiger charge is -2.08. The summed E-state index contributed by atoms with van der Waals surface area (Å²) in [4.78, 5) is 10.2. The van der Waals surface area contributed by atoms with Crippen molar-refractivity contribution in [1.82, 2.24) is 0 Å². The first-order valence-corrected chi connectivity index (χ1v) is 6.42. The molecule has 2 rings (SSSR count). The van der Waals surface area contributed by atoms with Crippen molar-refractivity contribution >= 4 is 21.4 Å². The Kier molecular flexibility index (Phi) is 2.75. The van der Waals surface area contributed by atoms with Crippen LogP contribution in [-0.4, -0.2) is 30.7 Å². The normalized spacial score (nSPS) is 18.6. The Bertz CT molecular complexity index is 675. The summed E-state index contributed by atoms with van der Waals surface area (Å²) in [6.07, 6.45) is -1.95. The number of carboxylic acid groups (broad SMARTS) is 1. The van der Waals surface area contributed by atoms with Gasteiger partial charge in [-0.05, 0) is 19.1 Å². The van der Waals surface area contributed by atoms with Crippen LogP contribution < -0.4 is 0 Å². The average molecular weight is 272 g/mol. The highest BCUT2D eigenvalue weighted by atomic mass is 32.2. The summed E-state index contributed by atoms with van der Waals surface area (Å²) in [6, 6.07) is 2.98.